The van der Waals surface area contributed by atoms with Gasteiger partial charge in [0.2, 0.25) is 0 Å². The minimum Gasteiger partial charge on any atom is -0.469 e. The Bertz CT molecular complexity index is 1330. The molecule has 0 saturated heterocycles. The van der Waals surface area contributed by atoms with E-state index in [1.54, 1.807) is 0 Å². The number of imidazole rings is 1. The molecule has 0 bridgehead atoms. The number of nitrogens with zero attached hydrogens (tertiary/aromatic N) is 4. The van der Waals surface area contributed by atoms with Crippen molar-refractivity contribution in [1.29, 1.82) is 0 Å². The van der Waals surface area contributed by atoms with E-state index in [0.717, 1.165) is 6.07 Å². The fourth-order valence-electron chi connectivity index (χ4n) is 3.64. The topological polar surface area (TPSA) is 104 Å². The van der Waals surface area contributed by atoms with Gasteiger partial charge in [-0.3, -0.25) is 9.78 Å². The molecule has 170 valence electrons. The van der Waals surface area contributed by atoms with Crippen molar-refractivity contribution in [3.63, 3.8) is 0 Å². The van der Waals surface area contributed by atoms with Crippen LogP contribution in [0.3, 0.4) is 0 Å². The van der Waals surface area contributed by atoms with Crippen LogP contribution in [0.5, 0.6) is 0 Å². The molecule has 0 aliphatic heterocycles. The zero-order valence-corrected chi connectivity index (χ0v) is 18.2. The van der Waals surface area contributed by atoms with Crippen LogP contribution in [0.15, 0.2) is 29.4 Å². The summed E-state index contributed by atoms with van der Waals surface area (Å²) in [5.41, 5.74) is -0.239. The van der Waals surface area contributed by atoms with Gasteiger partial charge in [-0.25, -0.2) is 18.4 Å². The first-order chi connectivity index (χ1) is 15.0. The lowest BCUT2D eigenvalue weighted by molar-refractivity contribution is -0.142. The fourth-order valence-corrected chi connectivity index (χ4v) is 4.71. The molecular weight excluding hydrogens is 449 g/mol. The van der Waals surface area contributed by atoms with Crippen molar-refractivity contribution in [1.82, 2.24) is 19.5 Å². The molecule has 8 nitrogen and oxygen atoms in total. The van der Waals surface area contributed by atoms with Crippen LogP contribution in [0.2, 0.25) is 0 Å². The summed E-state index contributed by atoms with van der Waals surface area (Å²) in [6.45, 7) is 1.48. The van der Waals surface area contributed by atoms with Gasteiger partial charge in [0.15, 0.2) is 21.3 Å². The number of rotatable bonds is 5. The van der Waals surface area contributed by atoms with Gasteiger partial charge in [-0.05, 0) is 30.0 Å². The number of halogens is 3. The maximum Gasteiger partial charge on any atom is 0.417 e. The van der Waals surface area contributed by atoms with Gasteiger partial charge in [-0.15, -0.1) is 0 Å². The van der Waals surface area contributed by atoms with E-state index in [4.69, 9.17) is 4.74 Å². The summed E-state index contributed by atoms with van der Waals surface area (Å²) < 4.78 is 71.0. The van der Waals surface area contributed by atoms with Crippen LogP contribution in [-0.2, 0) is 32.6 Å². The van der Waals surface area contributed by atoms with Crippen LogP contribution < -0.4 is 0 Å². The van der Waals surface area contributed by atoms with Gasteiger partial charge in [-0.1, -0.05) is 6.92 Å². The molecule has 0 N–H and O–H groups in total. The highest BCUT2D eigenvalue weighted by atomic mass is 32.2. The molecule has 2 atom stereocenters. The van der Waals surface area contributed by atoms with Gasteiger partial charge < -0.3 is 9.30 Å². The third kappa shape index (κ3) is 3.72. The Morgan fingerprint density at radius 3 is 2.59 bits per heavy atom. The van der Waals surface area contributed by atoms with Crippen LogP contribution in [0.4, 0.5) is 13.2 Å². The Balaban J connectivity index is 1.85. The maximum atomic E-state index is 13.1. The van der Waals surface area contributed by atoms with Gasteiger partial charge in [0.05, 0.1) is 29.2 Å². The van der Waals surface area contributed by atoms with Gasteiger partial charge in [0, 0.05) is 19.4 Å². The number of carbonyl (C=O) groups is 1. The van der Waals surface area contributed by atoms with E-state index in [-0.39, 0.29) is 51.1 Å². The number of alkyl halides is 3. The Hall–Kier alpha value is -3.02. The largest absolute Gasteiger partial charge is 0.469 e. The number of hydrogen-bond donors (Lipinski definition) is 0. The second kappa shape index (κ2) is 7.54. The monoisotopic (exact) mass is 468 g/mol. The summed E-state index contributed by atoms with van der Waals surface area (Å²) in [7, 11) is -0.954. The van der Waals surface area contributed by atoms with Crippen molar-refractivity contribution < 1.29 is 31.1 Å². The van der Waals surface area contributed by atoms with Crippen molar-refractivity contribution in [2.45, 2.75) is 30.3 Å². The third-order valence-corrected chi connectivity index (χ3v) is 7.30. The predicted molar refractivity (Wildman–Crippen MR) is 107 cm³/mol. The molecule has 3 aromatic rings. The molecule has 3 heterocycles. The van der Waals surface area contributed by atoms with E-state index in [1.165, 1.54) is 37.9 Å². The minimum atomic E-state index is -4.59. The van der Waals surface area contributed by atoms with Crippen LogP contribution in [0.1, 0.15) is 30.4 Å². The van der Waals surface area contributed by atoms with Crippen molar-refractivity contribution in [3.8, 4) is 11.5 Å². The predicted octanol–water partition coefficient (Wildman–Crippen LogP) is 3.12. The van der Waals surface area contributed by atoms with Gasteiger partial charge in [-0.2, -0.15) is 13.2 Å². The molecule has 1 aliphatic carbocycles. The van der Waals surface area contributed by atoms with Crippen molar-refractivity contribution in [3.05, 3.63) is 35.7 Å². The Kier molecular flexibility index (Phi) is 5.23. The third-order valence-electron chi connectivity index (χ3n) is 5.56. The van der Waals surface area contributed by atoms with Crippen LogP contribution >= 0.6 is 0 Å². The molecule has 0 aromatic carbocycles. The van der Waals surface area contributed by atoms with Crippen molar-refractivity contribution in [2.24, 2.45) is 13.0 Å². The average molecular weight is 468 g/mol. The number of ether oxygens (including phenoxy) is 1. The molecular formula is C20H19F3N4O4S. The standard InChI is InChI=1S/C20H19F3N4O4S/c1-4-32(29,30)15-5-10(12-7-13(12)19(28)31-3)8-24-16(15)18-26-14-6-11(20(21,22)23)9-25-17(14)27(18)2/h5-6,8-9,12-13H,4,7H2,1-3H3. The van der Waals surface area contributed by atoms with E-state index >= 15 is 0 Å². The van der Waals surface area contributed by atoms with Crippen LogP contribution in [0.25, 0.3) is 22.7 Å². The maximum absolute atomic E-state index is 13.1. The number of methoxy groups -OCH3 is 1. The summed E-state index contributed by atoms with van der Waals surface area (Å²) in [6, 6.07) is 2.32. The number of aromatic nitrogens is 4. The highest BCUT2D eigenvalue weighted by Gasteiger charge is 2.45. The van der Waals surface area contributed by atoms with Gasteiger partial charge in [0.25, 0.3) is 0 Å². The quantitative estimate of drug-likeness (QED) is 0.530. The molecule has 32 heavy (non-hydrogen) atoms. The number of hydrogen-bond acceptors (Lipinski definition) is 7. The summed E-state index contributed by atoms with van der Waals surface area (Å²) in [4.78, 5) is 24.0. The van der Waals surface area contributed by atoms with E-state index in [2.05, 4.69) is 15.0 Å². The second-order valence-corrected chi connectivity index (χ2v) is 9.80. The number of pyridine rings is 2. The number of esters is 1. The zero-order valence-electron chi connectivity index (χ0n) is 17.3. The van der Waals surface area contributed by atoms with E-state index in [0.29, 0.717) is 18.2 Å². The number of aryl methyl sites for hydroxylation is 1. The van der Waals surface area contributed by atoms with Crippen LogP contribution in [0, 0.1) is 5.92 Å². The fraction of sp³-hybridized carbons (Fsp3) is 0.400. The molecule has 12 heteroatoms. The molecule has 0 radical (unpaired) electrons. The molecule has 1 saturated carbocycles. The molecule has 0 amide bonds. The lowest BCUT2D eigenvalue weighted by atomic mass is 10.1. The molecule has 1 aliphatic rings. The molecule has 1 fully saturated rings. The van der Waals surface area contributed by atoms with Crippen molar-refractivity contribution >= 4 is 27.0 Å². The average Bonchev–Trinajstić information content (AvgIpc) is 3.49. The first kappa shape index (κ1) is 22.2. The van der Waals surface area contributed by atoms with Gasteiger partial charge in [0.1, 0.15) is 11.2 Å². The zero-order chi connectivity index (χ0) is 23.4. The Morgan fingerprint density at radius 1 is 1.25 bits per heavy atom. The minimum absolute atomic E-state index is 0.0138. The van der Waals surface area contributed by atoms with E-state index < -0.39 is 21.6 Å². The van der Waals surface area contributed by atoms with Gasteiger partial charge >= 0.3 is 12.1 Å². The normalized spacial score (nSPS) is 18.7. The second-order valence-electron chi connectivity index (χ2n) is 7.55. The van der Waals surface area contributed by atoms with E-state index in [9.17, 15) is 26.4 Å². The highest BCUT2D eigenvalue weighted by Crippen LogP contribution is 2.48. The number of sulfone groups is 1. The summed E-state index contributed by atoms with van der Waals surface area (Å²) in [6.07, 6.45) is -1.90. The SMILES string of the molecule is CCS(=O)(=O)c1cc(C2CC2C(=O)OC)cnc1-c1nc2cc(C(F)(F)F)cnc2n1C. The highest BCUT2D eigenvalue weighted by molar-refractivity contribution is 7.91. The lowest BCUT2D eigenvalue weighted by Gasteiger charge is -2.11. The summed E-state index contributed by atoms with van der Waals surface area (Å²) in [5.74, 6) is -1.07. The first-order valence-electron chi connectivity index (χ1n) is 9.68. The van der Waals surface area contributed by atoms with Crippen molar-refractivity contribution in [2.75, 3.05) is 12.9 Å². The molecule has 4 rings (SSSR count). The van der Waals surface area contributed by atoms with Crippen LogP contribution in [-0.4, -0.2) is 46.8 Å². The lowest BCUT2D eigenvalue weighted by Crippen LogP contribution is -2.10. The first-order valence-corrected chi connectivity index (χ1v) is 11.3. The molecule has 0 spiro atoms. The number of carbonyl (C=O) groups excluding carboxylic acids is 1. The summed E-state index contributed by atoms with van der Waals surface area (Å²) >= 11 is 0. The molecule has 2 unspecified atom stereocenters. The number of fused-ring (bicyclic) bond motifs is 1. The summed E-state index contributed by atoms with van der Waals surface area (Å²) in [5, 5.41) is 0. The smallest absolute Gasteiger partial charge is 0.417 e. The Labute approximate surface area is 181 Å². The Morgan fingerprint density at radius 2 is 1.97 bits per heavy atom. The van der Waals surface area contributed by atoms with E-state index in [1.807, 2.05) is 0 Å². The molecule has 3 aromatic heterocycles.